The quantitative estimate of drug-likeness (QED) is 0.493. The molecular formula is C11H10. The van der Waals surface area contributed by atoms with Gasteiger partial charge in [-0.05, 0) is 18.1 Å². The van der Waals surface area contributed by atoms with Crippen molar-refractivity contribution in [2.45, 2.75) is 13.3 Å². The van der Waals surface area contributed by atoms with E-state index in [1.165, 1.54) is 11.1 Å². The first-order valence-corrected chi connectivity index (χ1v) is 3.90. The summed E-state index contributed by atoms with van der Waals surface area (Å²) in [5, 5.41) is 0. The fourth-order valence-electron chi connectivity index (χ4n) is 1.26. The average molecular weight is 142 g/mol. The summed E-state index contributed by atoms with van der Waals surface area (Å²) in [4.78, 5) is 0. The average Bonchev–Trinajstić information content (AvgIpc) is 2.78. The van der Waals surface area contributed by atoms with E-state index < -0.39 is 0 Å². The minimum absolute atomic E-state index is 0.674. The summed E-state index contributed by atoms with van der Waals surface area (Å²) in [6.45, 7) is 1.88. The number of hydrogen-bond donors (Lipinski definition) is 0. The normalized spacial score (nSPS) is 24.3. The summed E-state index contributed by atoms with van der Waals surface area (Å²) in [5.74, 6) is 6.63. The zero-order chi connectivity index (χ0) is 7.68. The first-order valence-electron chi connectivity index (χ1n) is 3.90. The van der Waals surface area contributed by atoms with Crippen molar-refractivity contribution < 1.29 is 0 Å². The van der Waals surface area contributed by atoms with Crippen LogP contribution < -0.4 is 0 Å². The van der Waals surface area contributed by atoms with Crippen molar-refractivity contribution in [2.24, 2.45) is 5.92 Å². The molecule has 0 aromatic rings. The van der Waals surface area contributed by atoms with Gasteiger partial charge in [0.05, 0.1) is 0 Å². The highest BCUT2D eigenvalue weighted by Gasteiger charge is 2.21. The fraction of sp³-hybridized carbons (Fsp3) is 0.273. The molecule has 0 heterocycles. The zero-order valence-corrected chi connectivity index (χ0v) is 6.59. The highest BCUT2D eigenvalue weighted by molar-refractivity contribution is 5.52. The number of allylic oxidation sites excluding steroid dienone is 6. The lowest BCUT2D eigenvalue weighted by Crippen LogP contribution is -1.84. The zero-order valence-electron chi connectivity index (χ0n) is 6.59. The second kappa shape index (κ2) is 2.43. The molecule has 0 spiro atoms. The molecule has 0 aromatic carbocycles. The Balaban J connectivity index is 2.07. The van der Waals surface area contributed by atoms with Crippen LogP contribution in [0.25, 0.3) is 0 Å². The number of rotatable bonds is 1. The largest absolute Gasteiger partial charge is 0.106 e. The molecule has 0 fully saturated rings. The van der Waals surface area contributed by atoms with Gasteiger partial charge in [-0.2, -0.15) is 0 Å². The molecule has 0 saturated heterocycles. The summed E-state index contributed by atoms with van der Waals surface area (Å²) in [6.07, 6.45) is 9.83. The molecular weight excluding hydrogens is 132 g/mol. The Morgan fingerprint density at radius 3 is 3.18 bits per heavy atom. The van der Waals surface area contributed by atoms with Crippen molar-refractivity contribution >= 4 is 0 Å². The lowest BCUT2D eigenvalue weighted by molar-refractivity contribution is 1.15. The molecule has 2 rings (SSSR count). The van der Waals surface area contributed by atoms with Gasteiger partial charge >= 0.3 is 0 Å². The van der Waals surface area contributed by atoms with Gasteiger partial charge in [-0.15, -0.1) is 5.92 Å². The van der Waals surface area contributed by atoms with Crippen LogP contribution in [0.15, 0.2) is 35.5 Å². The molecule has 0 N–H and O–H groups in total. The van der Waals surface area contributed by atoms with Gasteiger partial charge < -0.3 is 0 Å². The Bertz CT molecular complexity index is 316. The van der Waals surface area contributed by atoms with E-state index in [2.05, 4.69) is 36.1 Å². The van der Waals surface area contributed by atoms with Crippen LogP contribution in [-0.4, -0.2) is 0 Å². The van der Waals surface area contributed by atoms with Gasteiger partial charge in [-0.3, -0.25) is 0 Å². The third kappa shape index (κ3) is 1.28. The summed E-state index contributed by atoms with van der Waals surface area (Å²) in [7, 11) is 0. The summed E-state index contributed by atoms with van der Waals surface area (Å²) in [6, 6.07) is 0. The highest BCUT2D eigenvalue weighted by Crippen LogP contribution is 2.36. The van der Waals surface area contributed by atoms with Gasteiger partial charge in [0.15, 0.2) is 0 Å². The standard InChI is InChI=1S/C11H10/c1-2-3-4-9-5-6-10-8-11(10)7-9/h5-8,10H,4H2,1H3. The van der Waals surface area contributed by atoms with E-state index in [4.69, 9.17) is 0 Å². The molecule has 0 aliphatic heterocycles. The molecule has 2 aliphatic carbocycles. The molecule has 2 aliphatic rings. The van der Waals surface area contributed by atoms with E-state index in [0.29, 0.717) is 5.92 Å². The first-order chi connectivity index (χ1) is 5.40. The highest BCUT2D eigenvalue weighted by atomic mass is 14.3. The number of hydrogen-bond acceptors (Lipinski definition) is 0. The van der Waals surface area contributed by atoms with Crippen molar-refractivity contribution in [3.8, 4) is 11.8 Å². The Hall–Kier alpha value is -1.22. The van der Waals surface area contributed by atoms with Crippen LogP contribution in [0.1, 0.15) is 13.3 Å². The van der Waals surface area contributed by atoms with E-state index in [9.17, 15) is 0 Å². The van der Waals surface area contributed by atoms with Crippen LogP contribution in [0.3, 0.4) is 0 Å². The molecule has 0 saturated carbocycles. The van der Waals surface area contributed by atoms with Crippen LogP contribution in [0.4, 0.5) is 0 Å². The van der Waals surface area contributed by atoms with Crippen molar-refractivity contribution in [1.29, 1.82) is 0 Å². The molecule has 0 heteroatoms. The van der Waals surface area contributed by atoms with E-state index in [1.807, 2.05) is 6.92 Å². The second-order valence-electron chi connectivity index (χ2n) is 2.87. The molecule has 1 atom stereocenters. The molecule has 0 nitrogen and oxygen atoms in total. The third-order valence-electron chi connectivity index (χ3n) is 1.99. The fourth-order valence-corrected chi connectivity index (χ4v) is 1.26. The lowest BCUT2D eigenvalue weighted by atomic mass is 10.0. The van der Waals surface area contributed by atoms with E-state index in [-0.39, 0.29) is 0 Å². The lowest BCUT2D eigenvalue weighted by Gasteiger charge is -2.00. The molecule has 0 amide bonds. The topological polar surface area (TPSA) is 0 Å². The van der Waals surface area contributed by atoms with Gasteiger partial charge in [0, 0.05) is 12.3 Å². The van der Waals surface area contributed by atoms with Crippen LogP contribution in [0.5, 0.6) is 0 Å². The monoisotopic (exact) mass is 142 g/mol. The maximum absolute atomic E-state index is 3.06. The van der Waals surface area contributed by atoms with Crippen molar-refractivity contribution in [3.63, 3.8) is 0 Å². The summed E-state index contributed by atoms with van der Waals surface area (Å²) < 4.78 is 0. The number of fused-ring (bicyclic) bond motifs is 1. The molecule has 1 unspecified atom stereocenters. The Morgan fingerprint density at radius 1 is 1.55 bits per heavy atom. The second-order valence-corrected chi connectivity index (χ2v) is 2.87. The SMILES string of the molecule is CC#CCC1=CC2=CC2C=C1. The van der Waals surface area contributed by atoms with E-state index in [0.717, 1.165) is 6.42 Å². The van der Waals surface area contributed by atoms with Gasteiger partial charge in [0.2, 0.25) is 0 Å². The minimum atomic E-state index is 0.674. The smallest absolute Gasteiger partial charge is 0.0340 e. The van der Waals surface area contributed by atoms with Crippen molar-refractivity contribution in [3.05, 3.63) is 35.5 Å². The van der Waals surface area contributed by atoms with Gasteiger partial charge in [0.25, 0.3) is 0 Å². The van der Waals surface area contributed by atoms with Gasteiger partial charge in [-0.1, -0.05) is 30.2 Å². The van der Waals surface area contributed by atoms with Crippen LogP contribution in [0.2, 0.25) is 0 Å². The predicted molar refractivity (Wildman–Crippen MR) is 46.9 cm³/mol. The van der Waals surface area contributed by atoms with E-state index in [1.54, 1.807) is 0 Å². The van der Waals surface area contributed by atoms with E-state index >= 15 is 0 Å². The van der Waals surface area contributed by atoms with Crippen molar-refractivity contribution in [2.75, 3.05) is 0 Å². The van der Waals surface area contributed by atoms with Crippen molar-refractivity contribution in [1.82, 2.24) is 0 Å². The van der Waals surface area contributed by atoms with Gasteiger partial charge in [-0.25, -0.2) is 0 Å². The maximum atomic E-state index is 3.06. The molecule has 11 heavy (non-hydrogen) atoms. The summed E-state index contributed by atoms with van der Waals surface area (Å²) in [5.41, 5.74) is 2.82. The Labute approximate surface area is 67.3 Å². The first kappa shape index (κ1) is 6.49. The molecule has 0 aromatic heterocycles. The third-order valence-corrected chi connectivity index (χ3v) is 1.99. The van der Waals surface area contributed by atoms with Crippen LogP contribution in [0, 0.1) is 17.8 Å². The van der Waals surface area contributed by atoms with Gasteiger partial charge in [0.1, 0.15) is 0 Å². The van der Waals surface area contributed by atoms with Crippen LogP contribution in [-0.2, 0) is 0 Å². The van der Waals surface area contributed by atoms with Crippen LogP contribution >= 0.6 is 0 Å². The summed E-state index contributed by atoms with van der Waals surface area (Å²) >= 11 is 0. The molecule has 54 valence electrons. The Morgan fingerprint density at radius 2 is 2.45 bits per heavy atom. The maximum Gasteiger partial charge on any atom is 0.0340 e. The molecule has 0 radical (unpaired) electrons. The predicted octanol–water partition coefficient (Wildman–Crippen LogP) is 2.45. The minimum Gasteiger partial charge on any atom is -0.106 e. The Kier molecular flexibility index (Phi) is 1.43. The molecule has 0 bridgehead atoms.